The molecule has 0 aromatic carbocycles. The first kappa shape index (κ1) is 14.4. The van der Waals surface area contributed by atoms with Gasteiger partial charge < -0.3 is 4.74 Å². The number of rotatable bonds is 4. The van der Waals surface area contributed by atoms with Crippen molar-refractivity contribution in [2.45, 2.75) is 33.5 Å². The highest BCUT2D eigenvalue weighted by Crippen LogP contribution is 2.16. The van der Waals surface area contributed by atoms with Crippen molar-refractivity contribution in [2.24, 2.45) is 0 Å². The van der Waals surface area contributed by atoms with Crippen molar-refractivity contribution in [2.75, 3.05) is 12.4 Å². The number of carbonyl (C=O) groups is 1. The Morgan fingerprint density at radius 3 is 2.00 bits per heavy atom. The van der Waals surface area contributed by atoms with E-state index in [4.69, 9.17) is 4.74 Å². The smallest absolute Gasteiger partial charge is 0.415 e. The summed E-state index contributed by atoms with van der Waals surface area (Å²) in [5, 5.41) is 0. The number of carbonyl (C=O) groups excluding carboxylic acids is 1. The third-order valence-electron chi connectivity index (χ3n) is 1.69. The molecule has 90 valence electrons. The summed E-state index contributed by atoms with van der Waals surface area (Å²) in [6.45, 7) is 8.71. The highest BCUT2D eigenvalue weighted by molar-refractivity contribution is 7.91. The maximum Gasteiger partial charge on any atom is 0.415 e. The van der Waals surface area contributed by atoms with Gasteiger partial charge in [0.05, 0.1) is 12.4 Å². The maximum absolute atomic E-state index is 11.7. The minimum absolute atomic E-state index is 0.0872. The van der Waals surface area contributed by atoms with Crippen LogP contribution in [0.3, 0.4) is 0 Å². The Hall–Kier alpha value is -0.563. The van der Waals surface area contributed by atoms with Gasteiger partial charge in [-0.2, -0.15) is 0 Å². The van der Waals surface area contributed by atoms with Gasteiger partial charge in [0.15, 0.2) is 8.24 Å². The fourth-order valence-corrected chi connectivity index (χ4v) is 5.99. The molecule has 0 N–H and O–H groups in total. The van der Waals surface area contributed by atoms with Gasteiger partial charge in [0.25, 0.3) is 0 Å². The van der Waals surface area contributed by atoms with E-state index in [1.165, 1.54) is 6.92 Å². The fourth-order valence-electron chi connectivity index (χ4n) is 1.12. The van der Waals surface area contributed by atoms with Crippen LogP contribution in [0.25, 0.3) is 0 Å². The van der Waals surface area contributed by atoms with Crippen LogP contribution in [0.4, 0.5) is 4.79 Å². The van der Waals surface area contributed by atoms with Crippen LogP contribution in [-0.4, -0.2) is 39.1 Å². The van der Waals surface area contributed by atoms with Crippen LogP contribution in [0.1, 0.15) is 13.8 Å². The normalized spacial score (nSPS) is 12.3. The molecule has 0 aliphatic rings. The van der Waals surface area contributed by atoms with Crippen molar-refractivity contribution in [3.63, 3.8) is 0 Å². The minimum Gasteiger partial charge on any atom is -0.450 e. The molecule has 0 fully saturated rings. The highest BCUT2D eigenvalue weighted by atomic mass is 32.2. The average molecular weight is 253 g/mol. The van der Waals surface area contributed by atoms with Gasteiger partial charge in [0.2, 0.25) is 10.0 Å². The van der Waals surface area contributed by atoms with Gasteiger partial charge in [0, 0.05) is 0 Å². The van der Waals surface area contributed by atoms with Gasteiger partial charge in [-0.3, -0.25) is 0 Å². The molecule has 0 spiro atoms. The third kappa shape index (κ3) is 3.82. The summed E-state index contributed by atoms with van der Waals surface area (Å²) in [6.07, 6.45) is -0.751. The quantitative estimate of drug-likeness (QED) is 0.714. The molecule has 15 heavy (non-hydrogen) atoms. The van der Waals surface area contributed by atoms with Crippen LogP contribution < -0.4 is 0 Å². The molecule has 0 aromatic heterocycles. The minimum atomic E-state index is -3.52. The van der Waals surface area contributed by atoms with E-state index in [2.05, 4.69) is 0 Å². The molecule has 0 bridgehead atoms. The molecule has 0 heterocycles. The molecule has 0 rings (SSSR count). The Morgan fingerprint density at radius 1 is 1.27 bits per heavy atom. The van der Waals surface area contributed by atoms with E-state index in [9.17, 15) is 13.2 Å². The first-order valence-corrected chi connectivity index (χ1v) is 9.92. The molecule has 0 unspecified atom stereocenters. The number of amides is 1. The molecule has 7 heteroatoms. The van der Waals surface area contributed by atoms with Gasteiger partial charge >= 0.3 is 6.09 Å². The summed E-state index contributed by atoms with van der Waals surface area (Å²) in [5.74, 6) is -0.0872. The molecular weight excluding hydrogens is 234 g/mol. The monoisotopic (exact) mass is 253 g/mol. The molecule has 0 atom stereocenters. The lowest BCUT2D eigenvalue weighted by Crippen LogP contribution is -2.53. The van der Waals surface area contributed by atoms with Gasteiger partial charge in [-0.05, 0) is 13.8 Å². The van der Waals surface area contributed by atoms with E-state index in [1.807, 2.05) is 0 Å². The second kappa shape index (κ2) is 4.98. The summed E-state index contributed by atoms with van der Waals surface area (Å²) in [7, 11) is -5.79. The van der Waals surface area contributed by atoms with E-state index in [1.54, 1.807) is 26.6 Å². The number of sulfonamides is 1. The average Bonchev–Trinajstić information content (AvgIpc) is 2.01. The van der Waals surface area contributed by atoms with Gasteiger partial charge in [-0.15, -0.1) is 0 Å². The molecule has 0 saturated heterocycles. The number of hydrogen-bond acceptors (Lipinski definition) is 4. The van der Waals surface area contributed by atoms with Crippen LogP contribution >= 0.6 is 0 Å². The third-order valence-corrected chi connectivity index (χ3v) is 7.00. The lowest BCUT2D eigenvalue weighted by atomic mass is 10.9. The van der Waals surface area contributed by atoms with E-state index in [0.717, 1.165) is 3.97 Å². The second-order valence-electron chi connectivity index (χ2n) is 4.03. The zero-order valence-corrected chi connectivity index (χ0v) is 11.7. The molecular formula is C8H19NO4SSi. The molecule has 0 saturated carbocycles. The number of hydrogen-bond donors (Lipinski definition) is 0. The Balaban J connectivity index is 5.18. The van der Waals surface area contributed by atoms with Crippen LogP contribution in [0, 0.1) is 0 Å². The molecule has 0 aliphatic carbocycles. The van der Waals surface area contributed by atoms with Crippen molar-refractivity contribution < 1.29 is 17.9 Å². The summed E-state index contributed by atoms with van der Waals surface area (Å²) in [6, 6.07) is 0. The summed E-state index contributed by atoms with van der Waals surface area (Å²) >= 11 is 0. The van der Waals surface area contributed by atoms with Gasteiger partial charge in [-0.25, -0.2) is 17.2 Å². The van der Waals surface area contributed by atoms with Crippen LogP contribution in [0.2, 0.25) is 19.6 Å². The van der Waals surface area contributed by atoms with E-state index >= 15 is 0 Å². The molecule has 0 aromatic rings. The molecule has 0 aliphatic heterocycles. The van der Waals surface area contributed by atoms with E-state index in [-0.39, 0.29) is 12.4 Å². The zero-order valence-electron chi connectivity index (χ0n) is 9.90. The zero-order chi connectivity index (χ0) is 12.3. The Morgan fingerprint density at radius 2 is 1.73 bits per heavy atom. The summed E-state index contributed by atoms with van der Waals surface area (Å²) < 4.78 is 29.1. The Labute approximate surface area is 92.6 Å². The highest BCUT2D eigenvalue weighted by Gasteiger charge is 2.38. The van der Waals surface area contributed by atoms with Crippen molar-refractivity contribution in [3.05, 3.63) is 0 Å². The lowest BCUT2D eigenvalue weighted by Gasteiger charge is -2.31. The predicted octanol–water partition coefficient (Wildman–Crippen LogP) is 1.63. The first-order chi connectivity index (χ1) is 6.66. The summed E-state index contributed by atoms with van der Waals surface area (Å²) in [4.78, 5) is 11.6. The second-order valence-corrected chi connectivity index (χ2v) is 11.3. The first-order valence-electron chi connectivity index (χ1n) is 4.86. The van der Waals surface area contributed by atoms with Gasteiger partial charge in [0.1, 0.15) is 0 Å². The largest absolute Gasteiger partial charge is 0.450 e. The van der Waals surface area contributed by atoms with E-state index in [0.29, 0.717) is 0 Å². The number of ether oxygens (including phenoxy) is 1. The topological polar surface area (TPSA) is 63.7 Å². The maximum atomic E-state index is 11.7. The molecule has 5 nitrogen and oxygen atoms in total. The van der Waals surface area contributed by atoms with Crippen LogP contribution in [0.15, 0.2) is 0 Å². The van der Waals surface area contributed by atoms with Crippen molar-refractivity contribution >= 4 is 24.4 Å². The lowest BCUT2D eigenvalue weighted by molar-refractivity contribution is 0.143. The predicted molar refractivity (Wildman–Crippen MR) is 61.7 cm³/mol. The SMILES string of the molecule is CCOC(=O)N([Si](C)(C)C)S(=O)(=O)CC. The van der Waals surface area contributed by atoms with Crippen LogP contribution in [-0.2, 0) is 14.8 Å². The number of nitrogens with zero attached hydrogens (tertiary/aromatic N) is 1. The van der Waals surface area contributed by atoms with Gasteiger partial charge in [-0.1, -0.05) is 19.6 Å². The van der Waals surface area contributed by atoms with E-state index < -0.39 is 24.4 Å². The van der Waals surface area contributed by atoms with Crippen molar-refractivity contribution in [3.8, 4) is 0 Å². The Bertz CT molecular complexity index is 320. The fraction of sp³-hybridized carbons (Fsp3) is 0.875. The van der Waals surface area contributed by atoms with Crippen LogP contribution in [0.5, 0.6) is 0 Å². The standard InChI is InChI=1S/C8H19NO4SSi/c1-6-13-8(10)9(15(3,4)5)14(11,12)7-2/h6-7H2,1-5H3. The molecule has 0 radical (unpaired) electrons. The van der Waals surface area contributed by atoms with Crippen molar-refractivity contribution in [1.29, 1.82) is 0 Å². The molecule has 1 amide bonds. The van der Waals surface area contributed by atoms with Crippen molar-refractivity contribution in [1.82, 2.24) is 3.97 Å². The Kier molecular flexibility index (Phi) is 4.79. The summed E-state index contributed by atoms with van der Waals surface area (Å²) in [5.41, 5.74) is 0.